The Labute approximate surface area is 177 Å². The quantitative estimate of drug-likeness (QED) is 0.766. The third-order valence-electron chi connectivity index (χ3n) is 5.76. The molecule has 30 heavy (non-hydrogen) atoms. The smallest absolute Gasteiger partial charge is 0.254 e. The van der Waals surface area contributed by atoms with Gasteiger partial charge in [0, 0.05) is 37.8 Å². The van der Waals surface area contributed by atoms with Crippen molar-refractivity contribution in [3.8, 4) is 11.1 Å². The number of nitrogens with zero attached hydrogens (tertiary/aromatic N) is 2. The molecule has 1 unspecified atom stereocenters. The largest absolute Gasteiger partial charge is 0.361 e. The summed E-state index contributed by atoms with van der Waals surface area (Å²) in [6.45, 7) is 3.20. The van der Waals surface area contributed by atoms with E-state index < -0.39 is 5.60 Å². The number of benzene rings is 1. The van der Waals surface area contributed by atoms with E-state index in [1.54, 1.807) is 17.3 Å². The van der Waals surface area contributed by atoms with E-state index in [1.165, 1.54) is 0 Å². The summed E-state index contributed by atoms with van der Waals surface area (Å²) in [5, 5.41) is 3.11. The average molecular weight is 408 g/mol. The first-order valence-corrected chi connectivity index (χ1v) is 10.8. The van der Waals surface area contributed by atoms with Crippen molar-refractivity contribution >= 4 is 11.8 Å². The first-order valence-electron chi connectivity index (χ1n) is 10.8. The van der Waals surface area contributed by atoms with Gasteiger partial charge in [0.05, 0.1) is 13.2 Å². The summed E-state index contributed by atoms with van der Waals surface area (Å²) in [6, 6.07) is 12.3. The number of morpholine rings is 1. The second-order valence-electron chi connectivity index (χ2n) is 8.27. The molecule has 2 aromatic rings. The van der Waals surface area contributed by atoms with Crippen molar-refractivity contribution in [2.24, 2.45) is 0 Å². The summed E-state index contributed by atoms with van der Waals surface area (Å²) in [4.78, 5) is 31.7. The molecule has 1 aromatic heterocycles. The molecule has 1 atom stereocenters. The van der Waals surface area contributed by atoms with Gasteiger partial charge in [-0.15, -0.1) is 0 Å². The van der Waals surface area contributed by atoms with E-state index in [0.717, 1.165) is 36.0 Å². The minimum Gasteiger partial charge on any atom is -0.361 e. The number of amides is 2. The Morgan fingerprint density at radius 2 is 2.00 bits per heavy atom. The number of aromatic nitrogens is 1. The summed E-state index contributed by atoms with van der Waals surface area (Å²) >= 11 is 0. The lowest BCUT2D eigenvalue weighted by atomic mass is 9.89. The number of carbonyl (C=O) groups is 2. The summed E-state index contributed by atoms with van der Waals surface area (Å²) in [5.41, 5.74) is 2.11. The molecule has 1 aliphatic heterocycles. The first-order chi connectivity index (χ1) is 14.6. The third kappa shape index (κ3) is 4.70. The molecule has 2 amide bonds. The normalized spacial score (nSPS) is 21.3. The van der Waals surface area contributed by atoms with Crippen LogP contribution in [0.25, 0.3) is 11.1 Å². The van der Waals surface area contributed by atoms with Crippen LogP contribution in [0.3, 0.4) is 0 Å². The zero-order chi connectivity index (χ0) is 21.0. The lowest BCUT2D eigenvalue weighted by Gasteiger charge is -2.42. The fraction of sp³-hybridized carbons (Fsp3) is 0.458. The second kappa shape index (κ2) is 8.96. The fourth-order valence-electron chi connectivity index (χ4n) is 3.97. The van der Waals surface area contributed by atoms with E-state index in [2.05, 4.69) is 22.4 Å². The van der Waals surface area contributed by atoms with Crippen molar-refractivity contribution < 1.29 is 14.3 Å². The van der Waals surface area contributed by atoms with Gasteiger partial charge in [0.1, 0.15) is 0 Å². The molecule has 1 saturated heterocycles. The van der Waals surface area contributed by atoms with Gasteiger partial charge in [-0.25, -0.2) is 0 Å². The van der Waals surface area contributed by atoms with Gasteiger partial charge in [-0.05, 0) is 48.1 Å². The molecule has 4 rings (SSSR count). The Bertz CT molecular complexity index is 898. The predicted molar refractivity (Wildman–Crippen MR) is 115 cm³/mol. The van der Waals surface area contributed by atoms with E-state index in [0.29, 0.717) is 32.5 Å². The monoisotopic (exact) mass is 407 g/mol. The van der Waals surface area contributed by atoms with Crippen molar-refractivity contribution in [3.05, 3.63) is 54.4 Å². The Hall–Kier alpha value is -2.73. The molecular formula is C24H29N3O3. The lowest BCUT2D eigenvalue weighted by molar-refractivity contribution is -0.166. The van der Waals surface area contributed by atoms with Gasteiger partial charge in [-0.3, -0.25) is 14.6 Å². The van der Waals surface area contributed by atoms with Crippen LogP contribution in [0, 0.1) is 0 Å². The predicted octanol–water partition coefficient (Wildman–Crippen LogP) is 2.97. The van der Waals surface area contributed by atoms with Crippen LogP contribution in [0.4, 0.5) is 0 Å². The zero-order valence-electron chi connectivity index (χ0n) is 17.5. The van der Waals surface area contributed by atoms with Crippen molar-refractivity contribution in [1.82, 2.24) is 15.2 Å². The van der Waals surface area contributed by atoms with Crippen LogP contribution >= 0.6 is 0 Å². The van der Waals surface area contributed by atoms with Crippen LogP contribution in [-0.4, -0.2) is 53.0 Å². The second-order valence-corrected chi connectivity index (χ2v) is 8.27. The summed E-state index contributed by atoms with van der Waals surface area (Å²) in [6.07, 6.45) is 7.29. The Balaban J connectivity index is 1.60. The highest BCUT2D eigenvalue weighted by molar-refractivity contribution is 5.88. The lowest BCUT2D eigenvalue weighted by Crippen LogP contribution is -2.62. The molecule has 2 aliphatic rings. The Morgan fingerprint density at radius 1 is 1.20 bits per heavy atom. The van der Waals surface area contributed by atoms with Crippen LogP contribution in [-0.2, 0) is 20.7 Å². The Kier molecular flexibility index (Phi) is 6.13. The van der Waals surface area contributed by atoms with E-state index in [9.17, 15) is 9.59 Å². The average Bonchev–Trinajstić information content (AvgIpc) is 3.59. The SMILES string of the molecule is CCCC(=O)N1CCOC(Cc2cccc(-c3ccncc3)c2)(C(=O)NC2CC2)C1. The van der Waals surface area contributed by atoms with Crippen molar-refractivity contribution in [3.63, 3.8) is 0 Å². The molecule has 158 valence electrons. The van der Waals surface area contributed by atoms with Crippen molar-refractivity contribution in [1.29, 1.82) is 0 Å². The van der Waals surface area contributed by atoms with E-state index >= 15 is 0 Å². The number of nitrogens with one attached hydrogen (secondary N) is 1. The summed E-state index contributed by atoms with van der Waals surface area (Å²) in [7, 11) is 0. The minimum atomic E-state index is -1.05. The maximum Gasteiger partial charge on any atom is 0.254 e. The molecular weight excluding hydrogens is 378 g/mol. The highest BCUT2D eigenvalue weighted by atomic mass is 16.5. The van der Waals surface area contributed by atoms with Crippen LogP contribution in [0.5, 0.6) is 0 Å². The van der Waals surface area contributed by atoms with Gasteiger partial charge in [0.2, 0.25) is 5.91 Å². The van der Waals surface area contributed by atoms with Gasteiger partial charge in [-0.2, -0.15) is 0 Å². The van der Waals surface area contributed by atoms with E-state index in [1.807, 2.05) is 31.2 Å². The number of rotatable bonds is 7. The standard InChI is InChI=1S/C24H29N3O3/c1-2-4-22(28)27-13-14-30-24(17-27,23(29)26-21-7-8-21)16-18-5-3-6-20(15-18)19-9-11-25-12-10-19/h3,5-6,9-12,15,21H,2,4,7-8,13-14,16-17H2,1H3,(H,26,29). The van der Waals surface area contributed by atoms with E-state index in [4.69, 9.17) is 4.74 Å². The fourth-order valence-corrected chi connectivity index (χ4v) is 3.97. The molecule has 1 aliphatic carbocycles. The van der Waals surface area contributed by atoms with Crippen LogP contribution < -0.4 is 5.32 Å². The van der Waals surface area contributed by atoms with Gasteiger partial charge >= 0.3 is 0 Å². The molecule has 0 spiro atoms. The molecule has 1 N–H and O–H groups in total. The minimum absolute atomic E-state index is 0.0925. The van der Waals surface area contributed by atoms with Gasteiger partial charge < -0.3 is 15.0 Å². The number of pyridine rings is 1. The number of carbonyl (C=O) groups excluding carboxylic acids is 2. The molecule has 1 saturated carbocycles. The number of hydrogen-bond acceptors (Lipinski definition) is 4. The molecule has 6 heteroatoms. The highest BCUT2D eigenvalue weighted by Crippen LogP contribution is 2.29. The molecule has 1 aromatic carbocycles. The zero-order valence-corrected chi connectivity index (χ0v) is 17.5. The van der Waals surface area contributed by atoms with Crippen molar-refractivity contribution in [2.75, 3.05) is 19.7 Å². The molecule has 2 heterocycles. The molecule has 2 fully saturated rings. The van der Waals surface area contributed by atoms with Crippen LogP contribution in [0.15, 0.2) is 48.8 Å². The van der Waals surface area contributed by atoms with E-state index in [-0.39, 0.29) is 17.9 Å². The summed E-state index contributed by atoms with van der Waals surface area (Å²) < 4.78 is 6.15. The van der Waals surface area contributed by atoms with Crippen LogP contribution in [0.2, 0.25) is 0 Å². The molecule has 0 radical (unpaired) electrons. The number of ether oxygens (including phenoxy) is 1. The van der Waals surface area contributed by atoms with Gasteiger partial charge in [0.25, 0.3) is 5.91 Å². The van der Waals surface area contributed by atoms with Gasteiger partial charge in [0.15, 0.2) is 5.60 Å². The highest BCUT2D eigenvalue weighted by Gasteiger charge is 2.46. The van der Waals surface area contributed by atoms with Gasteiger partial charge in [-0.1, -0.05) is 31.2 Å². The third-order valence-corrected chi connectivity index (χ3v) is 5.76. The molecule has 0 bridgehead atoms. The number of hydrogen-bond donors (Lipinski definition) is 1. The van der Waals surface area contributed by atoms with Crippen molar-refractivity contribution in [2.45, 2.75) is 50.7 Å². The van der Waals surface area contributed by atoms with Crippen LogP contribution in [0.1, 0.15) is 38.2 Å². The maximum absolute atomic E-state index is 13.3. The summed E-state index contributed by atoms with van der Waals surface area (Å²) in [5.74, 6) is -0.0109. The topological polar surface area (TPSA) is 71.5 Å². The maximum atomic E-state index is 13.3. The first kappa shape index (κ1) is 20.5. The molecule has 6 nitrogen and oxygen atoms in total. The Morgan fingerprint density at radius 3 is 2.73 bits per heavy atom.